The molecule has 4 rings (SSSR count). The van der Waals surface area contributed by atoms with Crippen LogP contribution in [0.5, 0.6) is 5.75 Å². The van der Waals surface area contributed by atoms with Crippen LogP contribution in [0.4, 0.5) is 4.39 Å². The largest absolute Gasteiger partial charge is 0.497 e. The van der Waals surface area contributed by atoms with Gasteiger partial charge in [0.15, 0.2) is 0 Å². The molecule has 0 aromatic heterocycles. The number of hydrogen-bond donors (Lipinski definition) is 0. The number of nitrogens with zero attached hydrogens (tertiary/aromatic N) is 1. The fourth-order valence-corrected chi connectivity index (χ4v) is 4.43. The summed E-state index contributed by atoms with van der Waals surface area (Å²) in [6.07, 6.45) is 6.25. The van der Waals surface area contributed by atoms with Crippen molar-refractivity contribution in [3.05, 3.63) is 64.0 Å². The lowest BCUT2D eigenvalue weighted by Crippen LogP contribution is -2.36. The Morgan fingerprint density at radius 3 is 2.52 bits per heavy atom. The van der Waals surface area contributed by atoms with Gasteiger partial charge in [0, 0.05) is 23.7 Å². The SMILES string of the molecule is COc1ccc(Cc2cc3c(c(F)c2C)CN(C2CCCCC2)C3=O)cc1. The fourth-order valence-electron chi connectivity index (χ4n) is 4.43. The van der Waals surface area contributed by atoms with Gasteiger partial charge in [-0.2, -0.15) is 0 Å². The summed E-state index contributed by atoms with van der Waals surface area (Å²) in [7, 11) is 1.64. The van der Waals surface area contributed by atoms with Gasteiger partial charge in [-0.25, -0.2) is 4.39 Å². The summed E-state index contributed by atoms with van der Waals surface area (Å²) in [6.45, 7) is 2.25. The lowest BCUT2D eigenvalue weighted by molar-refractivity contribution is 0.0659. The molecule has 2 aliphatic rings. The number of fused-ring (bicyclic) bond motifs is 1. The van der Waals surface area contributed by atoms with Crippen molar-refractivity contribution in [1.29, 1.82) is 0 Å². The van der Waals surface area contributed by atoms with E-state index in [4.69, 9.17) is 4.74 Å². The minimum atomic E-state index is -0.206. The summed E-state index contributed by atoms with van der Waals surface area (Å²) in [6, 6.07) is 9.97. The van der Waals surface area contributed by atoms with E-state index in [0.717, 1.165) is 42.6 Å². The number of carbonyl (C=O) groups is 1. The van der Waals surface area contributed by atoms with E-state index in [9.17, 15) is 4.79 Å². The van der Waals surface area contributed by atoms with Crippen molar-refractivity contribution in [2.24, 2.45) is 0 Å². The number of carbonyl (C=O) groups excluding carboxylic acids is 1. The maximum Gasteiger partial charge on any atom is 0.254 e. The molecule has 4 heteroatoms. The Kier molecular flexibility index (Phi) is 4.90. The van der Waals surface area contributed by atoms with Gasteiger partial charge < -0.3 is 9.64 Å². The number of hydrogen-bond acceptors (Lipinski definition) is 2. The van der Waals surface area contributed by atoms with E-state index in [1.165, 1.54) is 6.42 Å². The van der Waals surface area contributed by atoms with E-state index >= 15 is 4.39 Å². The van der Waals surface area contributed by atoms with Gasteiger partial charge in [-0.3, -0.25) is 4.79 Å². The molecule has 0 radical (unpaired) electrons. The topological polar surface area (TPSA) is 29.5 Å². The molecule has 0 N–H and O–H groups in total. The first-order valence-corrected chi connectivity index (χ1v) is 9.83. The lowest BCUT2D eigenvalue weighted by Gasteiger charge is -2.30. The zero-order valence-corrected chi connectivity index (χ0v) is 16.1. The Hall–Kier alpha value is -2.36. The maximum absolute atomic E-state index is 15.1. The van der Waals surface area contributed by atoms with E-state index in [-0.39, 0.29) is 17.8 Å². The Morgan fingerprint density at radius 2 is 1.85 bits per heavy atom. The third-order valence-corrected chi connectivity index (χ3v) is 6.11. The van der Waals surface area contributed by atoms with Crippen LogP contribution in [0, 0.1) is 12.7 Å². The van der Waals surface area contributed by atoms with E-state index in [1.807, 2.05) is 42.2 Å². The Morgan fingerprint density at radius 1 is 1.15 bits per heavy atom. The molecule has 0 spiro atoms. The van der Waals surface area contributed by atoms with Crippen molar-refractivity contribution in [3.63, 3.8) is 0 Å². The van der Waals surface area contributed by atoms with Gasteiger partial charge in [0.1, 0.15) is 11.6 Å². The van der Waals surface area contributed by atoms with E-state index in [1.54, 1.807) is 7.11 Å². The minimum absolute atomic E-state index is 0.00628. The smallest absolute Gasteiger partial charge is 0.254 e. The first-order chi connectivity index (χ1) is 13.1. The van der Waals surface area contributed by atoms with Crippen LogP contribution in [0.15, 0.2) is 30.3 Å². The molecule has 1 aliphatic carbocycles. The van der Waals surface area contributed by atoms with Gasteiger partial charge >= 0.3 is 0 Å². The quantitative estimate of drug-likeness (QED) is 0.759. The highest BCUT2D eigenvalue weighted by Crippen LogP contribution is 2.34. The van der Waals surface area contributed by atoms with Crippen LogP contribution in [0.1, 0.15) is 64.7 Å². The molecular formula is C23H26FNO2. The summed E-state index contributed by atoms with van der Waals surface area (Å²) in [4.78, 5) is 14.9. The molecule has 1 fully saturated rings. The van der Waals surface area contributed by atoms with Crippen LogP contribution in [0.3, 0.4) is 0 Å². The second kappa shape index (κ2) is 7.34. The summed E-state index contributed by atoms with van der Waals surface area (Å²) < 4.78 is 20.3. The number of rotatable bonds is 4. The molecule has 1 saturated carbocycles. The molecule has 3 nitrogen and oxygen atoms in total. The highest BCUT2D eigenvalue weighted by molar-refractivity contribution is 5.99. The highest BCUT2D eigenvalue weighted by atomic mass is 19.1. The number of halogens is 1. The first-order valence-electron chi connectivity index (χ1n) is 9.83. The van der Waals surface area contributed by atoms with Gasteiger partial charge in [0.05, 0.1) is 7.11 Å². The molecule has 27 heavy (non-hydrogen) atoms. The van der Waals surface area contributed by atoms with Crippen LogP contribution >= 0.6 is 0 Å². The third kappa shape index (κ3) is 3.33. The summed E-state index contributed by atoms with van der Waals surface area (Å²) in [5.74, 6) is 0.600. The molecule has 142 valence electrons. The molecule has 0 bridgehead atoms. The Balaban J connectivity index is 1.62. The second-order valence-corrected chi connectivity index (χ2v) is 7.75. The zero-order chi connectivity index (χ0) is 19.0. The number of ether oxygens (including phenoxy) is 1. The van der Waals surface area contributed by atoms with E-state index < -0.39 is 0 Å². The van der Waals surface area contributed by atoms with Gasteiger partial charge in [0.2, 0.25) is 0 Å². The van der Waals surface area contributed by atoms with Gasteiger partial charge in [-0.05, 0) is 61.1 Å². The monoisotopic (exact) mass is 367 g/mol. The summed E-state index contributed by atoms with van der Waals surface area (Å²) in [5.41, 5.74) is 3.76. The summed E-state index contributed by atoms with van der Waals surface area (Å²) >= 11 is 0. The van der Waals surface area contributed by atoms with Crippen molar-refractivity contribution in [2.45, 2.75) is 58.0 Å². The number of methoxy groups -OCH3 is 1. The first kappa shape index (κ1) is 18.0. The van der Waals surface area contributed by atoms with Crippen molar-refractivity contribution >= 4 is 5.91 Å². The van der Waals surface area contributed by atoms with Crippen LogP contribution in [0.25, 0.3) is 0 Å². The minimum Gasteiger partial charge on any atom is -0.497 e. The summed E-state index contributed by atoms with van der Waals surface area (Å²) in [5, 5.41) is 0. The standard InChI is InChI=1S/C23H26FNO2/c1-15-17(12-16-8-10-19(27-2)11-9-16)13-20-21(22(15)24)14-25(23(20)26)18-6-4-3-5-7-18/h8-11,13,18H,3-7,12,14H2,1-2H3. The molecule has 0 atom stereocenters. The number of benzene rings is 2. The Labute approximate surface area is 160 Å². The molecule has 1 amide bonds. The van der Waals surface area contributed by atoms with Crippen molar-refractivity contribution in [2.75, 3.05) is 7.11 Å². The predicted octanol–water partition coefficient (Wildman–Crippen LogP) is 5.02. The van der Waals surface area contributed by atoms with Crippen LogP contribution in [-0.2, 0) is 13.0 Å². The average Bonchev–Trinajstić information content (AvgIpc) is 3.04. The fraction of sp³-hybridized carbons (Fsp3) is 0.435. The zero-order valence-electron chi connectivity index (χ0n) is 16.1. The van der Waals surface area contributed by atoms with Crippen molar-refractivity contribution < 1.29 is 13.9 Å². The molecule has 2 aromatic carbocycles. The molecule has 0 unspecified atom stereocenters. The molecule has 1 heterocycles. The predicted molar refractivity (Wildman–Crippen MR) is 104 cm³/mol. The van der Waals surface area contributed by atoms with E-state index in [2.05, 4.69) is 0 Å². The van der Waals surface area contributed by atoms with E-state index in [0.29, 0.717) is 29.7 Å². The van der Waals surface area contributed by atoms with Gasteiger partial charge in [-0.1, -0.05) is 31.4 Å². The highest BCUT2D eigenvalue weighted by Gasteiger charge is 2.36. The average molecular weight is 367 g/mol. The van der Waals surface area contributed by atoms with Gasteiger partial charge in [0.25, 0.3) is 5.91 Å². The van der Waals surface area contributed by atoms with Crippen LogP contribution in [0.2, 0.25) is 0 Å². The van der Waals surface area contributed by atoms with Crippen LogP contribution < -0.4 is 4.74 Å². The molecular weight excluding hydrogens is 341 g/mol. The maximum atomic E-state index is 15.1. The Bertz CT molecular complexity index is 854. The molecule has 0 saturated heterocycles. The molecule has 2 aromatic rings. The number of amides is 1. The van der Waals surface area contributed by atoms with Crippen molar-refractivity contribution in [1.82, 2.24) is 4.90 Å². The second-order valence-electron chi connectivity index (χ2n) is 7.75. The van der Waals surface area contributed by atoms with Gasteiger partial charge in [-0.15, -0.1) is 0 Å². The van der Waals surface area contributed by atoms with Crippen molar-refractivity contribution in [3.8, 4) is 5.75 Å². The lowest BCUT2D eigenvalue weighted by atomic mass is 9.94. The van der Waals surface area contributed by atoms with Crippen LogP contribution in [-0.4, -0.2) is 24.0 Å². The molecule has 1 aliphatic heterocycles. The normalized spacial score (nSPS) is 17.3. The third-order valence-electron chi connectivity index (χ3n) is 6.11.